The molecular weight excluding hydrogens is 190 g/mol. The molecule has 0 aromatic rings. The van der Waals surface area contributed by atoms with Crippen LogP contribution in [0.4, 0.5) is 0 Å². The van der Waals surface area contributed by atoms with Gasteiger partial charge in [-0.25, -0.2) is 0 Å². The predicted octanol–water partition coefficient (Wildman–Crippen LogP) is 1.71. The van der Waals surface area contributed by atoms with Gasteiger partial charge in [0.1, 0.15) is 5.78 Å². The van der Waals surface area contributed by atoms with Gasteiger partial charge >= 0.3 is 0 Å². The van der Waals surface area contributed by atoms with E-state index in [0.717, 1.165) is 19.5 Å². The number of hydrogen-bond acceptors (Lipinski definition) is 3. The Labute approximate surface area is 92.8 Å². The topological polar surface area (TPSA) is 29.5 Å². The number of ether oxygens (including phenoxy) is 1. The molecule has 0 bridgehead atoms. The summed E-state index contributed by atoms with van der Waals surface area (Å²) in [6, 6.07) is 0. The third kappa shape index (κ3) is 3.92. The zero-order chi connectivity index (χ0) is 11.4. The molecule has 0 saturated carbocycles. The number of rotatable bonds is 4. The summed E-state index contributed by atoms with van der Waals surface area (Å²) in [4.78, 5) is 14.0. The second-order valence-corrected chi connectivity index (χ2v) is 4.73. The van der Waals surface area contributed by atoms with Gasteiger partial charge in [-0.05, 0) is 20.3 Å². The van der Waals surface area contributed by atoms with Crippen LogP contribution in [0.15, 0.2) is 0 Å². The van der Waals surface area contributed by atoms with Gasteiger partial charge in [-0.2, -0.15) is 0 Å². The van der Waals surface area contributed by atoms with E-state index < -0.39 is 0 Å². The van der Waals surface area contributed by atoms with Crippen molar-refractivity contribution in [1.82, 2.24) is 4.90 Å². The van der Waals surface area contributed by atoms with E-state index in [1.54, 1.807) is 0 Å². The fourth-order valence-electron chi connectivity index (χ4n) is 2.02. The van der Waals surface area contributed by atoms with Crippen LogP contribution >= 0.6 is 0 Å². The SMILES string of the molecule is CCC(C)C(=O)CN1CC(C)OC(C)C1. The second-order valence-electron chi connectivity index (χ2n) is 4.73. The minimum absolute atomic E-state index is 0.193. The lowest BCUT2D eigenvalue weighted by molar-refractivity contribution is -0.127. The molecule has 1 rings (SSSR count). The first-order valence-electron chi connectivity index (χ1n) is 5.93. The van der Waals surface area contributed by atoms with Crippen LogP contribution in [0.1, 0.15) is 34.1 Å². The Morgan fingerprint density at radius 3 is 2.40 bits per heavy atom. The van der Waals surface area contributed by atoms with Gasteiger partial charge in [-0.15, -0.1) is 0 Å². The predicted molar refractivity (Wildman–Crippen MR) is 60.9 cm³/mol. The van der Waals surface area contributed by atoms with Gasteiger partial charge in [0, 0.05) is 19.0 Å². The Bertz CT molecular complexity index is 208. The molecule has 0 radical (unpaired) electrons. The van der Waals surface area contributed by atoms with Gasteiger partial charge in [0.2, 0.25) is 0 Å². The average Bonchev–Trinajstić information content (AvgIpc) is 2.14. The second kappa shape index (κ2) is 5.61. The standard InChI is InChI=1S/C12H23NO2/c1-5-9(2)12(14)8-13-6-10(3)15-11(4)7-13/h9-11H,5-8H2,1-4H3. The Balaban J connectivity index is 2.40. The van der Waals surface area contributed by atoms with Crippen LogP contribution in [0.5, 0.6) is 0 Å². The monoisotopic (exact) mass is 213 g/mol. The Morgan fingerprint density at radius 1 is 1.40 bits per heavy atom. The van der Waals surface area contributed by atoms with Gasteiger partial charge < -0.3 is 4.74 Å². The maximum atomic E-state index is 11.8. The number of ketones is 1. The average molecular weight is 213 g/mol. The molecule has 0 spiro atoms. The summed E-state index contributed by atoms with van der Waals surface area (Å²) < 4.78 is 5.63. The van der Waals surface area contributed by atoms with Crippen LogP contribution in [0.25, 0.3) is 0 Å². The minimum atomic E-state index is 0.193. The van der Waals surface area contributed by atoms with Crippen LogP contribution in [-0.2, 0) is 9.53 Å². The largest absolute Gasteiger partial charge is 0.373 e. The first-order chi connectivity index (χ1) is 7.02. The molecule has 88 valence electrons. The van der Waals surface area contributed by atoms with Gasteiger partial charge in [-0.1, -0.05) is 13.8 Å². The van der Waals surface area contributed by atoms with Crippen molar-refractivity contribution >= 4 is 5.78 Å². The lowest BCUT2D eigenvalue weighted by Crippen LogP contribution is -2.47. The van der Waals surface area contributed by atoms with Crippen molar-refractivity contribution in [2.24, 2.45) is 5.92 Å². The van der Waals surface area contributed by atoms with Crippen molar-refractivity contribution < 1.29 is 9.53 Å². The molecule has 1 fully saturated rings. The maximum absolute atomic E-state index is 11.8. The molecule has 3 atom stereocenters. The number of morpholine rings is 1. The van der Waals surface area contributed by atoms with Gasteiger partial charge in [0.05, 0.1) is 18.8 Å². The Kier molecular flexibility index (Phi) is 4.74. The van der Waals surface area contributed by atoms with Crippen LogP contribution in [0.3, 0.4) is 0 Å². The summed E-state index contributed by atoms with van der Waals surface area (Å²) >= 11 is 0. The van der Waals surface area contributed by atoms with E-state index in [1.165, 1.54) is 0 Å². The molecular formula is C12H23NO2. The van der Waals surface area contributed by atoms with Gasteiger partial charge in [0.15, 0.2) is 0 Å². The Hall–Kier alpha value is -0.410. The lowest BCUT2D eigenvalue weighted by atomic mass is 10.0. The molecule has 1 aliphatic rings. The van der Waals surface area contributed by atoms with Gasteiger partial charge in [0.25, 0.3) is 0 Å². The van der Waals surface area contributed by atoms with E-state index in [2.05, 4.69) is 25.7 Å². The number of carbonyl (C=O) groups excluding carboxylic acids is 1. The summed E-state index contributed by atoms with van der Waals surface area (Å²) in [6.07, 6.45) is 1.44. The molecule has 0 aromatic carbocycles. The van der Waals surface area contributed by atoms with Crippen molar-refractivity contribution in [1.29, 1.82) is 0 Å². The van der Waals surface area contributed by atoms with Crippen molar-refractivity contribution in [3.8, 4) is 0 Å². The van der Waals surface area contributed by atoms with Crippen molar-refractivity contribution in [3.05, 3.63) is 0 Å². The minimum Gasteiger partial charge on any atom is -0.373 e. The highest BCUT2D eigenvalue weighted by molar-refractivity contribution is 5.82. The van der Waals surface area contributed by atoms with E-state index in [0.29, 0.717) is 12.3 Å². The molecule has 0 amide bonds. The zero-order valence-corrected chi connectivity index (χ0v) is 10.3. The molecule has 1 aliphatic heterocycles. The highest BCUT2D eigenvalue weighted by atomic mass is 16.5. The summed E-state index contributed by atoms with van der Waals surface area (Å²) in [5, 5.41) is 0. The van der Waals surface area contributed by atoms with E-state index in [4.69, 9.17) is 4.74 Å². The highest BCUT2D eigenvalue weighted by Crippen LogP contribution is 2.12. The number of Topliss-reactive ketones (excluding diaryl/α,β-unsaturated/α-hetero) is 1. The van der Waals surface area contributed by atoms with E-state index >= 15 is 0 Å². The molecule has 3 unspecified atom stereocenters. The van der Waals surface area contributed by atoms with Gasteiger partial charge in [-0.3, -0.25) is 9.69 Å². The number of carbonyl (C=O) groups is 1. The van der Waals surface area contributed by atoms with Crippen LogP contribution < -0.4 is 0 Å². The fourth-order valence-corrected chi connectivity index (χ4v) is 2.02. The van der Waals surface area contributed by atoms with Crippen molar-refractivity contribution in [2.75, 3.05) is 19.6 Å². The normalized spacial score (nSPS) is 30.1. The molecule has 0 aliphatic carbocycles. The molecule has 1 heterocycles. The molecule has 3 nitrogen and oxygen atoms in total. The van der Waals surface area contributed by atoms with E-state index in [1.807, 2.05) is 6.92 Å². The number of hydrogen-bond donors (Lipinski definition) is 0. The third-order valence-corrected chi connectivity index (χ3v) is 3.04. The first-order valence-corrected chi connectivity index (χ1v) is 5.93. The molecule has 1 saturated heterocycles. The lowest BCUT2D eigenvalue weighted by Gasteiger charge is -2.35. The highest BCUT2D eigenvalue weighted by Gasteiger charge is 2.24. The smallest absolute Gasteiger partial charge is 0.149 e. The van der Waals surface area contributed by atoms with Crippen LogP contribution in [0, 0.1) is 5.92 Å². The first kappa shape index (κ1) is 12.7. The summed E-state index contributed by atoms with van der Waals surface area (Å²) in [7, 11) is 0. The van der Waals surface area contributed by atoms with Crippen LogP contribution in [0.2, 0.25) is 0 Å². The van der Waals surface area contributed by atoms with Crippen molar-refractivity contribution in [3.63, 3.8) is 0 Å². The van der Waals surface area contributed by atoms with Crippen molar-refractivity contribution in [2.45, 2.75) is 46.3 Å². The summed E-state index contributed by atoms with van der Waals surface area (Å²) in [5.74, 6) is 0.553. The zero-order valence-electron chi connectivity index (χ0n) is 10.3. The van der Waals surface area contributed by atoms with E-state index in [9.17, 15) is 4.79 Å². The third-order valence-electron chi connectivity index (χ3n) is 3.04. The summed E-state index contributed by atoms with van der Waals surface area (Å²) in [6.45, 7) is 10.6. The molecule has 0 aromatic heterocycles. The fraction of sp³-hybridized carbons (Fsp3) is 0.917. The summed E-state index contributed by atoms with van der Waals surface area (Å²) in [5.41, 5.74) is 0. The maximum Gasteiger partial charge on any atom is 0.149 e. The Morgan fingerprint density at radius 2 is 1.93 bits per heavy atom. The number of nitrogens with zero attached hydrogens (tertiary/aromatic N) is 1. The van der Waals surface area contributed by atoms with E-state index in [-0.39, 0.29) is 18.1 Å². The van der Waals surface area contributed by atoms with Crippen LogP contribution in [-0.4, -0.2) is 42.5 Å². The molecule has 0 N–H and O–H groups in total. The molecule has 15 heavy (non-hydrogen) atoms. The quantitative estimate of drug-likeness (QED) is 0.712. The molecule has 3 heteroatoms.